The van der Waals surface area contributed by atoms with Gasteiger partial charge in [-0.15, -0.1) is 6.20 Å². The molecule has 44 valence electrons. The number of hydrogen-bond acceptors (Lipinski definition) is 2. The van der Waals surface area contributed by atoms with Crippen LogP contribution in [0.4, 0.5) is 0 Å². The Morgan fingerprint density at radius 1 is 1.88 bits per heavy atom. The Hall–Kier alpha value is -0.302. The minimum atomic E-state index is -0.0532. The molecule has 0 saturated carbocycles. The molecule has 3 nitrogen and oxygen atoms in total. The molecule has 1 aromatic heterocycles. The van der Waals surface area contributed by atoms with Crippen LogP contribution < -0.4 is 0 Å². The van der Waals surface area contributed by atoms with Crippen molar-refractivity contribution in [2.24, 2.45) is 7.05 Å². The van der Waals surface area contributed by atoms with Gasteiger partial charge in [0.25, 0.3) is 0 Å². The number of imidazole rings is 1. The van der Waals surface area contributed by atoms with Crippen LogP contribution >= 0.6 is 0 Å². The molecule has 0 aliphatic heterocycles. The Morgan fingerprint density at radius 3 is 2.62 bits per heavy atom. The molecule has 8 heavy (non-hydrogen) atoms. The first kappa shape index (κ1) is 7.70. The number of aromatic nitrogens is 2. The first-order valence-corrected chi connectivity index (χ1v) is 1.88. The van der Waals surface area contributed by atoms with E-state index >= 15 is 0 Å². The van der Waals surface area contributed by atoms with Gasteiger partial charge >= 0.3 is 0 Å². The molecule has 0 unspecified atom stereocenters. The van der Waals surface area contributed by atoms with Crippen LogP contribution in [-0.2, 0) is 28.1 Å². The molecule has 1 rings (SSSR count). The van der Waals surface area contributed by atoms with Gasteiger partial charge in [-0.05, 0) is 7.05 Å². The minimum absolute atomic E-state index is 0. The van der Waals surface area contributed by atoms with Crippen molar-refractivity contribution in [1.82, 2.24) is 9.55 Å². The van der Waals surface area contributed by atoms with Gasteiger partial charge in [-0.1, -0.05) is 6.33 Å². The van der Waals surface area contributed by atoms with E-state index in [1.165, 1.54) is 6.33 Å². The topological polar surface area (TPSA) is 38.0 Å². The van der Waals surface area contributed by atoms with Crippen molar-refractivity contribution in [3.8, 4) is 5.88 Å². The van der Waals surface area contributed by atoms with Crippen LogP contribution in [0.5, 0.6) is 5.88 Å². The Bertz CT molecular complexity index is 146. The second kappa shape index (κ2) is 2.87. The molecule has 1 N–H and O–H groups in total. The molecule has 0 amide bonds. The summed E-state index contributed by atoms with van der Waals surface area (Å²) in [7, 11) is 1.74. The first-order valence-electron chi connectivity index (χ1n) is 1.88. The van der Waals surface area contributed by atoms with Gasteiger partial charge in [0, 0.05) is 21.1 Å². The van der Waals surface area contributed by atoms with Crippen molar-refractivity contribution in [1.29, 1.82) is 0 Å². The molecule has 1 aromatic rings. The largest absolute Gasteiger partial charge is 0.509 e. The summed E-state index contributed by atoms with van der Waals surface area (Å²) < 4.78 is 1.55. The van der Waals surface area contributed by atoms with Crippen LogP contribution in [0.25, 0.3) is 0 Å². The zero-order chi connectivity index (χ0) is 5.28. The van der Waals surface area contributed by atoms with E-state index in [0.717, 1.165) is 0 Å². The van der Waals surface area contributed by atoms with Gasteiger partial charge in [0.1, 0.15) is 5.88 Å². The van der Waals surface area contributed by atoms with Crippen molar-refractivity contribution in [2.75, 3.05) is 0 Å². The summed E-state index contributed by atoms with van der Waals surface area (Å²) in [5.41, 5.74) is 0. The minimum Gasteiger partial charge on any atom is -0.509 e. The van der Waals surface area contributed by atoms with Crippen LogP contribution in [0.15, 0.2) is 6.33 Å². The molecular weight excluding hydrogens is 276 g/mol. The third-order valence-electron chi connectivity index (χ3n) is 0.630. The summed E-state index contributed by atoms with van der Waals surface area (Å²) in [5, 5.41) is 8.47. The molecule has 0 saturated heterocycles. The van der Waals surface area contributed by atoms with Crippen LogP contribution in [0.1, 0.15) is 0 Å². The molecule has 4 heteroatoms. The second-order valence-electron chi connectivity index (χ2n) is 1.29. The average Bonchev–Trinajstić information content (AvgIpc) is 1.87. The number of nitrogens with zero attached hydrogens (tertiary/aromatic N) is 2. The van der Waals surface area contributed by atoms with E-state index in [1.807, 2.05) is 0 Å². The molecule has 0 spiro atoms. The molecule has 0 atom stereocenters. The average molecular weight is 281 g/mol. The summed E-state index contributed by atoms with van der Waals surface area (Å²) in [6.07, 6.45) is 3.98. The Morgan fingerprint density at radius 2 is 2.50 bits per heavy atom. The molecule has 0 fully saturated rings. The maximum absolute atomic E-state index is 8.47. The van der Waals surface area contributed by atoms with Gasteiger partial charge in [-0.2, -0.15) is 0 Å². The number of rotatable bonds is 0. The Labute approximate surface area is 61.6 Å². The van der Waals surface area contributed by atoms with Crippen molar-refractivity contribution >= 4 is 0 Å². The Balaban J connectivity index is 0.000000490. The molecule has 0 aliphatic carbocycles. The SMILES string of the molecule is Cn1[c-]c(O)nc1.[W]. The van der Waals surface area contributed by atoms with E-state index in [-0.39, 0.29) is 26.9 Å². The van der Waals surface area contributed by atoms with E-state index < -0.39 is 0 Å². The summed E-state index contributed by atoms with van der Waals surface area (Å²) in [5.74, 6) is -0.0532. The molecular formula is C4H5N2OW-. The maximum atomic E-state index is 8.47. The fourth-order valence-electron chi connectivity index (χ4n) is 0.357. The van der Waals surface area contributed by atoms with E-state index in [0.29, 0.717) is 0 Å². The zero-order valence-electron chi connectivity index (χ0n) is 4.33. The summed E-state index contributed by atoms with van der Waals surface area (Å²) in [4.78, 5) is 3.48. The van der Waals surface area contributed by atoms with Crippen LogP contribution in [0.2, 0.25) is 0 Å². The molecule has 1 heterocycles. The van der Waals surface area contributed by atoms with Gasteiger partial charge in [-0.3, -0.25) is 0 Å². The fraction of sp³-hybridized carbons (Fsp3) is 0.250. The third kappa shape index (κ3) is 1.66. The number of hydrogen-bond donors (Lipinski definition) is 1. The molecule has 0 aliphatic rings. The second-order valence-corrected chi connectivity index (χ2v) is 1.29. The van der Waals surface area contributed by atoms with Gasteiger partial charge in [-0.25, -0.2) is 0 Å². The normalized spacial score (nSPS) is 8.12. The first-order chi connectivity index (χ1) is 3.29. The Kier molecular flexibility index (Phi) is 2.77. The summed E-state index contributed by atoms with van der Waals surface area (Å²) in [6.45, 7) is 0. The number of aromatic hydroxyl groups is 1. The van der Waals surface area contributed by atoms with Gasteiger partial charge in [0.15, 0.2) is 0 Å². The van der Waals surface area contributed by atoms with Gasteiger partial charge in [0.05, 0.1) is 0 Å². The van der Waals surface area contributed by atoms with Crippen molar-refractivity contribution < 1.29 is 26.2 Å². The standard InChI is InChI=1S/C4H5N2O.W/c1-6-2-4(7)5-3-6;/h3,7H,1H3;/q-1;. The van der Waals surface area contributed by atoms with E-state index in [1.54, 1.807) is 11.6 Å². The van der Waals surface area contributed by atoms with E-state index in [9.17, 15) is 0 Å². The fourth-order valence-corrected chi connectivity index (χ4v) is 0.357. The predicted molar refractivity (Wildman–Crippen MR) is 23.7 cm³/mol. The smallest absolute Gasteiger partial charge is 0.114 e. The summed E-state index contributed by atoms with van der Waals surface area (Å²) in [6, 6.07) is 0. The van der Waals surface area contributed by atoms with Gasteiger partial charge in [0.2, 0.25) is 0 Å². The van der Waals surface area contributed by atoms with Crippen LogP contribution in [-0.4, -0.2) is 14.7 Å². The predicted octanol–water partition coefficient (Wildman–Crippen LogP) is -0.0766. The van der Waals surface area contributed by atoms with Gasteiger partial charge < -0.3 is 14.7 Å². The summed E-state index contributed by atoms with van der Waals surface area (Å²) >= 11 is 0. The van der Waals surface area contributed by atoms with Crippen molar-refractivity contribution in [3.05, 3.63) is 12.5 Å². The quantitative estimate of drug-likeness (QED) is 0.676. The monoisotopic (exact) mass is 281 g/mol. The van der Waals surface area contributed by atoms with Crippen molar-refractivity contribution in [2.45, 2.75) is 0 Å². The molecule has 0 bridgehead atoms. The maximum Gasteiger partial charge on any atom is 0.114 e. The molecule has 0 aromatic carbocycles. The molecule has 0 radical (unpaired) electrons. The van der Waals surface area contributed by atoms with Crippen LogP contribution in [0.3, 0.4) is 0 Å². The van der Waals surface area contributed by atoms with E-state index in [4.69, 9.17) is 5.11 Å². The van der Waals surface area contributed by atoms with E-state index in [2.05, 4.69) is 11.2 Å². The number of aryl methyl sites for hydroxylation is 1. The third-order valence-corrected chi connectivity index (χ3v) is 0.630. The van der Waals surface area contributed by atoms with Crippen LogP contribution in [0, 0.1) is 6.20 Å². The van der Waals surface area contributed by atoms with Crippen molar-refractivity contribution in [3.63, 3.8) is 0 Å². The zero-order valence-corrected chi connectivity index (χ0v) is 7.26.